The van der Waals surface area contributed by atoms with Gasteiger partial charge in [-0.05, 0) is 73.6 Å². The van der Waals surface area contributed by atoms with Crippen LogP contribution in [-0.2, 0) is 4.79 Å². The Hall–Kier alpha value is -0.610. The minimum absolute atomic E-state index is 0.384. The first-order valence-corrected chi connectivity index (χ1v) is 7.79. The summed E-state index contributed by atoms with van der Waals surface area (Å²) >= 11 is 0. The van der Waals surface area contributed by atoms with Gasteiger partial charge in [-0.15, -0.1) is 0 Å². The molecule has 0 aromatic heterocycles. The van der Waals surface area contributed by atoms with E-state index in [1.807, 2.05) is 13.8 Å². The van der Waals surface area contributed by atoms with Crippen molar-refractivity contribution >= 4 is 5.97 Å². The number of nitrogens with zero attached hydrogens (tertiary/aromatic N) is 2. The Bertz CT molecular complexity index is 322. The summed E-state index contributed by atoms with van der Waals surface area (Å²) in [4.78, 5) is 15.8. The fourth-order valence-electron chi connectivity index (χ4n) is 2.97. The van der Waals surface area contributed by atoms with Gasteiger partial charge < -0.3 is 14.9 Å². The maximum Gasteiger partial charge on any atom is 0.309 e. The van der Waals surface area contributed by atoms with E-state index in [4.69, 9.17) is 5.11 Å². The van der Waals surface area contributed by atoms with Gasteiger partial charge in [0.25, 0.3) is 0 Å². The molecule has 0 spiro atoms. The summed E-state index contributed by atoms with van der Waals surface area (Å²) in [6.45, 7) is 5.82. The first-order valence-electron chi connectivity index (χ1n) is 7.79. The predicted octanol–water partition coefficient (Wildman–Crippen LogP) is 2.68. The Morgan fingerprint density at radius 1 is 1.20 bits per heavy atom. The van der Waals surface area contributed by atoms with Crippen molar-refractivity contribution in [1.29, 1.82) is 0 Å². The average Bonchev–Trinajstić information content (AvgIpc) is 2.28. The molecule has 0 atom stereocenters. The topological polar surface area (TPSA) is 43.8 Å². The average molecular weight is 284 g/mol. The van der Waals surface area contributed by atoms with Gasteiger partial charge in [0, 0.05) is 12.1 Å². The van der Waals surface area contributed by atoms with Crippen LogP contribution in [0.15, 0.2) is 0 Å². The van der Waals surface area contributed by atoms with E-state index in [0.717, 1.165) is 32.4 Å². The number of likely N-dealkylation sites (N-methyl/N-ethyl adjacent to an activating group) is 2. The molecule has 1 saturated carbocycles. The summed E-state index contributed by atoms with van der Waals surface area (Å²) in [6.07, 6.45) is 6.77. The van der Waals surface area contributed by atoms with Gasteiger partial charge in [0.15, 0.2) is 0 Å². The SMILES string of the molecule is CN(CCCCC(C)(C)C(=O)O)CC1(N(C)C)CCC1. The molecular formula is C16H32N2O2. The standard InChI is InChI=1S/C16H32N2O2/c1-15(2,14(19)20)9-6-7-12-18(5)13-16(17(3)4)10-8-11-16/h6-13H2,1-5H3,(H,19,20). The van der Waals surface area contributed by atoms with E-state index in [-0.39, 0.29) is 0 Å². The largest absolute Gasteiger partial charge is 0.481 e. The van der Waals surface area contributed by atoms with Crippen molar-refractivity contribution in [2.45, 2.75) is 57.9 Å². The van der Waals surface area contributed by atoms with Crippen molar-refractivity contribution < 1.29 is 9.90 Å². The first-order chi connectivity index (χ1) is 9.19. The highest BCUT2D eigenvalue weighted by atomic mass is 16.4. The molecular weight excluding hydrogens is 252 g/mol. The quantitative estimate of drug-likeness (QED) is 0.661. The third kappa shape index (κ3) is 4.45. The zero-order valence-corrected chi connectivity index (χ0v) is 13.9. The van der Waals surface area contributed by atoms with E-state index >= 15 is 0 Å². The Balaban J connectivity index is 2.24. The zero-order valence-electron chi connectivity index (χ0n) is 13.9. The molecule has 1 fully saturated rings. The molecule has 20 heavy (non-hydrogen) atoms. The maximum absolute atomic E-state index is 11.0. The summed E-state index contributed by atoms with van der Waals surface area (Å²) in [5, 5.41) is 9.09. The Labute approximate surface area is 124 Å². The fourth-order valence-corrected chi connectivity index (χ4v) is 2.97. The number of carboxylic acid groups (broad SMARTS) is 1. The molecule has 1 rings (SSSR count). The van der Waals surface area contributed by atoms with Crippen LogP contribution >= 0.6 is 0 Å². The minimum atomic E-state index is -0.688. The lowest BCUT2D eigenvalue weighted by atomic mass is 9.75. The third-order valence-electron chi connectivity index (χ3n) is 4.97. The van der Waals surface area contributed by atoms with Crippen LogP contribution in [0.4, 0.5) is 0 Å². The minimum Gasteiger partial charge on any atom is -0.481 e. The molecule has 0 aliphatic heterocycles. The molecule has 4 nitrogen and oxygen atoms in total. The van der Waals surface area contributed by atoms with Crippen molar-refractivity contribution in [2.75, 3.05) is 34.2 Å². The molecule has 0 heterocycles. The summed E-state index contributed by atoms with van der Waals surface area (Å²) < 4.78 is 0. The maximum atomic E-state index is 11.0. The van der Waals surface area contributed by atoms with Crippen LogP contribution in [0.25, 0.3) is 0 Å². The van der Waals surface area contributed by atoms with Crippen LogP contribution in [0.2, 0.25) is 0 Å². The second-order valence-corrected chi connectivity index (χ2v) is 7.36. The van der Waals surface area contributed by atoms with Gasteiger partial charge in [-0.3, -0.25) is 4.79 Å². The van der Waals surface area contributed by atoms with Crippen molar-refractivity contribution in [2.24, 2.45) is 5.41 Å². The summed E-state index contributed by atoms with van der Waals surface area (Å²) in [5.74, 6) is -0.688. The van der Waals surface area contributed by atoms with Crippen LogP contribution < -0.4 is 0 Å². The van der Waals surface area contributed by atoms with Crippen molar-refractivity contribution in [3.63, 3.8) is 0 Å². The van der Waals surface area contributed by atoms with Crippen LogP contribution in [-0.4, -0.2) is 60.6 Å². The van der Waals surface area contributed by atoms with E-state index in [1.54, 1.807) is 0 Å². The Morgan fingerprint density at radius 2 is 1.80 bits per heavy atom. The number of aliphatic carboxylic acids is 1. The van der Waals surface area contributed by atoms with Crippen molar-refractivity contribution in [1.82, 2.24) is 9.80 Å². The smallest absolute Gasteiger partial charge is 0.309 e. The molecule has 1 aliphatic rings. The molecule has 0 bridgehead atoms. The number of carbonyl (C=O) groups is 1. The first kappa shape index (κ1) is 17.4. The lowest BCUT2D eigenvalue weighted by Crippen LogP contribution is -2.56. The zero-order chi connectivity index (χ0) is 15.4. The van der Waals surface area contributed by atoms with Gasteiger partial charge in [0.2, 0.25) is 0 Å². The summed E-state index contributed by atoms with van der Waals surface area (Å²) in [6, 6.07) is 0. The van der Waals surface area contributed by atoms with Crippen molar-refractivity contribution in [3.05, 3.63) is 0 Å². The van der Waals surface area contributed by atoms with Crippen LogP contribution in [0.1, 0.15) is 52.4 Å². The monoisotopic (exact) mass is 284 g/mol. The molecule has 0 aromatic carbocycles. The molecule has 4 heteroatoms. The number of carboxylic acids is 1. The lowest BCUT2D eigenvalue weighted by molar-refractivity contribution is -0.147. The fraction of sp³-hybridized carbons (Fsp3) is 0.938. The van der Waals surface area contributed by atoms with E-state index in [2.05, 4.69) is 30.9 Å². The molecule has 118 valence electrons. The molecule has 0 saturated heterocycles. The number of rotatable bonds is 9. The third-order valence-corrected chi connectivity index (χ3v) is 4.97. The van der Waals surface area contributed by atoms with Gasteiger partial charge in [0.05, 0.1) is 5.41 Å². The molecule has 0 aromatic rings. The summed E-state index contributed by atoms with van der Waals surface area (Å²) in [5.41, 5.74) is -0.202. The van der Waals surface area contributed by atoms with Crippen LogP contribution in [0.3, 0.4) is 0 Å². The van der Waals surface area contributed by atoms with Gasteiger partial charge in [0.1, 0.15) is 0 Å². The van der Waals surface area contributed by atoms with Crippen LogP contribution in [0.5, 0.6) is 0 Å². The molecule has 0 unspecified atom stereocenters. The van der Waals surface area contributed by atoms with Gasteiger partial charge in [-0.25, -0.2) is 0 Å². The van der Waals surface area contributed by atoms with E-state index in [9.17, 15) is 4.79 Å². The van der Waals surface area contributed by atoms with Crippen molar-refractivity contribution in [3.8, 4) is 0 Å². The highest BCUT2D eigenvalue weighted by Crippen LogP contribution is 2.36. The number of hydrogen-bond donors (Lipinski definition) is 1. The van der Waals surface area contributed by atoms with Gasteiger partial charge >= 0.3 is 5.97 Å². The number of hydrogen-bond acceptors (Lipinski definition) is 3. The van der Waals surface area contributed by atoms with Crippen LogP contribution in [0, 0.1) is 5.41 Å². The molecule has 1 aliphatic carbocycles. The van der Waals surface area contributed by atoms with Gasteiger partial charge in [-0.1, -0.05) is 6.42 Å². The highest BCUT2D eigenvalue weighted by Gasteiger charge is 2.39. The molecule has 0 amide bonds. The lowest BCUT2D eigenvalue weighted by Gasteiger charge is -2.49. The second-order valence-electron chi connectivity index (χ2n) is 7.36. The van der Waals surface area contributed by atoms with E-state index in [1.165, 1.54) is 19.3 Å². The van der Waals surface area contributed by atoms with E-state index < -0.39 is 11.4 Å². The highest BCUT2D eigenvalue weighted by molar-refractivity contribution is 5.73. The molecule has 0 radical (unpaired) electrons. The number of unbranched alkanes of at least 4 members (excludes halogenated alkanes) is 1. The molecule has 1 N–H and O–H groups in total. The Morgan fingerprint density at radius 3 is 2.20 bits per heavy atom. The summed E-state index contributed by atoms with van der Waals surface area (Å²) in [7, 11) is 6.55. The second kappa shape index (κ2) is 6.90. The Kier molecular flexibility index (Phi) is 6.02. The predicted molar refractivity (Wildman–Crippen MR) is 83.0 cm³/mol. The van der Waals surface area contributed by atoms with Gasteiger partial charge in [-0.2, -0.15) is 0 Å². The normalized spacial score (nSPS) is 18.4. The van der Waals surface area contributed by atoms with E-state index in [0.29, 0.717) is 5.54 Å².